The monoisotopic (exact) mass is 497 g/mol. The van der Waals surface area contributed by atoms with Crippen LogP contribution in [0.25, 0.3) is 0 Å². The zero-order chi connectivity index (χ0) is 14.8. The van der Waals surface area contributed by atoms with Crippen molar-refractivity contribution < 1.29 is 49.7 Å². The first-order chi connectivity index (χ1) is 9.36. The van der Waals surface area contributed by atoms with Crippen LogP contribution in [0.4, 0.5) is 11.4 Å². The molecule has 0 heterocycles. The molecule has 0 aromatic heterocycles. The molecule has 0 aliphatic rings. The molecule has 0 radical (unpaired) electrons. The fourth-order valence-corrected chi connectivity index (χ4v) is 3.19. The van der Waals surface area contributed by atoms with Crippen LogP contribution < -0.4 is 3.07 Å². The van der Waals surface area contributed by atoms with Crippen molar-refractivity contribution in [1.29, 1.82) is 0 Å². The number of aromatic hydroxyl groups is 1. The molecule has 21 heavy (non-hydrogen) atoms. The van der Waals surface area contributed by atoms with Gasteiger partial charge in [0.15, 0.2) is 0 Å². The molecule has 107 valence electrons. The Hall–Kier alpha value is -1.35. The average molecular weight is 496 g/mol. The molecule has 2 aromatic carbocycles. The van der Waals surface area contributed by atoms with Gasteiger partial charge in [-0.1, -0.05) is 0 Å². The van der Waals surface area contributed by atoms with Crippen molar-refractivity contribution in [3.8, 4) is 5.75 Å². The van der Waals surface area contributed by atoms with Gasteiger partial charge in [0.25, 0.3) is 0 Å². The quantitative estimate of drug-likeness (QED) is 0.378. The molecule has 0 unspecified atom stereocenters. The summed E-state index contributed by atoms with van der Waals surface area (Å²) in [5.74, 6) is 0.268. The number of phenolic OH excluding ortho intramolecular Hbond substituents is 1. The van der Waals surface area contributed by atoms with E-state index in [1.165, 1.54) is 24.3 Å². The maximum absolute atomic E-state index is 10.9. The minimum atomic E-state index is -4.19. The molecule has 2 rings (SSSR count). The van der Waals surface area contributed by atoms with Crippen LogP contribution in [0, 0.1) is 0 Å². The second-order valence-corrected chi connectivity index (χ2v) is 8.37. The van der Waals surface area contributed by atoms with Gasteiger partial charge < -0.3 is 5.48 Å². The summed E-state index contributed by atoms with van der Waals surface area (Å²) >= 11 is 0.281. The molecule has 0 fully saturated rings. The van der Waals surface area contributed by atoms with Crippen molar-refractivity contribution in [2.45, 2.75) is 4.90 Å². The summed E-state index contributed by atoms with van der Waals surface area (Å²) in [5.41, 5.74) is 1.08. The van der Waals surface area contributed by atoms with Crippen LogP contribution in [-0.2, 0) is 36.2 Å². The Kier molecular flexibility index (Phi) is 5.96. The molecule has 0 saturated carbocycles. The molecule has 9 heteroatoms. The molecule has 4 N–H and O–H groups in total. The number of rotatable bonds is 3. The van der Waals surface area contributed by atoms with Gasteiger partial charge in [0.2, 0.25) is 0 Å². The van der Waals surface area contributed by atoms with Gasteiger partial charge in [0.05, 0.1) is 0 Å². The summed E-state index contributed by atoms with van der Waals surface area (Å²) in [6, 6.07) is 10.4. The van der Waals surface area contributed by atoms with E-state index in [0.29, 0.717) is 11.4 Å². The molecular weight excluding hydrogens is 485 g/mol. The maximum atomic E-state index is 10.9. The first-order valence-corrected chi connectivity index (χ1v) is 9.69. The molecule has 0 aliphatic carbocycles. The van der Waals surface area contributed by atoms with E-state index < -0.39 is 10.1 Å². The molecule has 7 nitrogen and oxygen atoms in total. The third-order valence-electron chi connectivity index (χ3n) is 2.48. The number of hydrogen-bond acceptors (Lipinski definition) is 5. The van der Waals surface area contributed by atoms with Crippen molar-refractivity contribution in [3.63, 3.8) is 0 Å². The Morgan fingerprint density at radius 3 is 2.00 bits per heavy atom. The van der Waals surface area contributed by atoms with Gasteiger partial charge in [-0.3, -0.25) is 0 Å². The van der Waals surface area contributed by atoms with E-state index >= 15 is 0 Å². The van der Waals surface area contributed by atoms with Crippen LogP contribution in [-0.4, -0.2) is 23.6 Å². The van der Waals surface area contributed by atoms with Gasteiger partial charge in [-0.25, -0.2) is 0 Å². The van der Waals surface area contributed by atoms with E-state index in [1.54, 1.807) is 18.2 Å². The molecule has 0 atom stereocenters. The molecule has 2 aromatic rings. The van der Waals surface area contributed by atoms with Crippen LogP contribution in [0.15, 0.2) is 57.6 Å². The predicted molar refractivity (Wildman–Crippen MR) is 71.8 cm³/mol. The molecule has 0 saturated heterocycles. The fraction of sp³-hybridized carbons (Fsp3) is 0. The van der Waals surface area contributed by atoms with Gasteiger partial charge in [0.1, 0.15) is 0 Å². The second kappa shape index (κ2) is 7.07. The zero-order valence-corrected chi connectivity index (χ0v) is 17.1. The van der Waals surface area contributed by atoms with E-state index in [4.69, 9.17) is 4.55 Å². The average Bonchev–Trinajstić information content (AvgIpc) is 2.40. The van der Waals surface area contributed by atoms with E-state index in [1.807, 2.05) is 0 Å². The second-order valence-electron chi connectivity index (χ2n) is 3.98. The number of nitrogens with zero attached hydrogens (tertiary/aromatic N) is 2. The third kappa shape index (κ3) is 4.85. The Morgan fingerprint density at radius 1 is 0.952 bits per heavy atom. The topological polar surface area (TPSA) is 131 Å². The zero-order valence-electron chi connectivity index (χ0n) is 10.8. The molecule has 0 bridgehead atoms. The van der Waals surface area contributed by atoms with Gasteiger partial charge in [-0.2, -0.15) is 0 Å². The van der Waals surface area contributed by atoms with Crippen LogP contribution in [0.3, 0.4) is 0 Å². The van der Waals surface area contributed by atoms with Crippen molar-refractivity contribution in [1.82, 2.24) is 0 Å². The van der Waals surface area contributed by atoms with Gasteiger partial charge in [-0.05, 0) is 0 Å². The normalized spacial score (nSPS) is 11.4. The predicted octanol–water partition coefficient (Wildman–Crippen LogP) is 1.40. The van der Waals surface area contributed by atoms with Crippen LogP contribution in [0.1, 0.15) is 0 Å². The van der Waals surface area contributed by atoms with Crippen molar-refractivity contribution in [2.24, 2.45) is 10.2 Å². The van der Waals surface area contributed by atoms with E-state index in [2.05, 4.69) is 10.2 Å². The molecule has 0 aliphatic heterocycles. The van der Waals surface area contributed by atoms with Crippen LogP contribution >= 0.6 is 0 Å². The van der Waals surface area contributed by atoms with Crippen molar-refractivity contribution >= 4 is 24.6 Å². The summed E-state index contributed by atoms with van der Waals surface area (Å²) in [5, 5.41) is 17.4. The number of benzene rings is 2. The van der Waals surface area contributed by atoms with Gasteiger partial charge in [0, 0.05) is 0 Å². The van der Waals surface area contributed by atoms with E-state index in [-0.39, 0.29) is 42.2 Å². The van der Waals surface area contributed by atoms with Gasteiger partial charge >= 0.3 is 132 Å². The summed E-state index contributed by atoms with van der Waals surface area (Å²) < 4.78 is 31.5. The first-order valence-electron chi connectivity index (χ1n) is 5.50. The summed E-state index contributed by atoms with van der Waals surface area (Å²) in [4.78, 5) is -0.190. The first kappa shape index (κ1) is 17.7. The SMILES string of the molecule is O.O=S(=O)(O)c1ccc(N=Nc2ccc(O)[c]([Hg])c2)cc1. The van der Waals surface area contributed by atoms with Crippen LogP contribution in [0.2, 0.25) is 0 Å². The Labute approximate surface area is 137 Å². The summed E-state index contributed by atoms with van der Waals surface area (Å²) in [7, 11) is -4.19. The van der Waals surface area contributed by atoms with E-state index in [0.717, 1.165) is 3.07 Å². The number of phenols is 1. The molecule has 0 amide bonds. The Bertz CT molecular complexity index is 760. The Balaban J connectivity index is 0.00000220. The third-order valence-corrected chi connectivity index (χ3v) is 5.55. The number of azo groups is 1. The van der Waals surface area contributed by atoms with Crippen molar-refractivity contribution in [2.75, 3.05) is 0 Å². The standard InChI is InChI=1S/C12H9N2O4S.Hg.H2O/c15-11-5-1-9(2-6-11)13-14-10-3-7-12(8-4-10)19(16,17)18;;/h1-5,7-8,15H,(H,16,17,18);;1H2. The number of hydrogen-bond donors (Lipinski definition) is 2. The summed E-state index contributed by atoms with van der Waals surface area (Å²) in [6.45, 7) is 0. The van der Waals surface area contributed by atoms with Crippen LogP contribution in [0.5, 0.6) is 5.75 Å². The molecular formula is C12H11HgN2O5S. The Morgan fingerprint density at radius 2 is 1.48 bits per heavy atom. The van der Waals surface area contributed by atoms with Gasteiger partial charge in [-0.15, -0.1) is 0 Å². The van der Waals surface area contributed by atoms with Crippen molar-refractivity contribution in [3.05, 3.63) is 42.5 Å². The fourth-order valence-electron chi connectivity index (χ4n) is 1.43. The van der Waals surface area contributed by atoms with E-state index in [9.17, 15) is 13.5 Å². The molecule has 0 spiro atoms. The summed E-state index contributed by atoms with van der Waals surface area (Å²) in [6.07, 6.45) is 0. The minimum absolute atomic E-state index is 0.